The monoisotopic (exact) mass is 486 g/mol. The van der Waals surface area contributed by atoms with E-state index in [2.05, 4.69) is 10.1 Å². The van der Waals surface area contributed by atoms with Crippen molar-refractivity contribution in [3.05, 3.63) is 79.2 Å². The van der Waals surface area contributed by atoms with Crippen LogP contribution in [0.1, 0.15) is 15.3 Å². The van der Waals surface area contributed by atoms with Gasteiger partial charge in [0, 0.05) is 18.0 Å². The first-order valence-electron chi connectivity index (χ1n) is 9.30. The standard InChI is InChI=1S/C20H15ClF4N4O2S/c21-14-7-11(1-3-15(14)22)13-5-6-28(10-16(13)30)18-8-26-29(19(31)27-18)9-12-2-4-17(32-12)20(23,24)25/h1-5,7-8,16,30H,6,9-10H2. The lowest BCUT2D eigenvalue weighted by Crippen LogP contribution is -2.39. The molecule has 12 heteroatoms. The largest absolute Gasteiger partial charge is 0.425 e. The minimum absolute atomic E-state index is 0.0550. The Bertz CT molecular complexity index is 1240. The van der Waals surface area contributed by atoms with Gasteiger partial charge in [-0.05, 0) is 35.4 Å². The molecule has 0 fully saturated rings. The maximum atomic E-state index is 13.4. The summed E-state index contributed by atoms with van der Waals surface area (Å²) in [5.74, 6) is -0.337. The van der Waals surface area contributed by atoms with E-state index in [9.17, 15) is 27.5 Å². The van der Waals surface area contributed by atoms with Crippen LogP contribution in [0, 0.1) is 5.82 Å². The highest BCUT2D eigenvalue weighted by Gasteiger charge is 2.32. The van der Waals surface area contributed by atoms with Crippen LogP contribution in [-0.4, -0.2) is 39.1 Å². The molecule has 2 aromatic heterocycles. The summed E-state index contributed by atoms with van der Waals surface area (Å²) in [5.41, 5.74) is 0.431. The molecule has 1 aromatic carbocycles. The maximum absolute atomic E-state index is 13.4. The van der Waals surface area contributed by atoms with Crippen molar-refractivity contribution in [1.29, 1.82) is 0 Å². The average Bonchev–Trinajstić information content (AvgIpc) is 3.21. The fourth-order valence-corrected chi connectivity index (χ4v) is 4.32. The average molecular weight is 487 g/mol. The van der Waals surface area contributed by atoms with Crippen molar-refractivity contribution < 1.29 is 22.7 Å². The summed E-state index contributed by atoms with van der Waals surface area (Å²) in [7, 11) is 0. The number of thiophene rings is 1. The van der Waals surface area contributed by atoms with Crippen molar-refractivity contribution in [2.24, 2.45) is 0 Å². The van der Waals surface area contributed by atoms with E-state index < -0.39 is 28.7 Å². The van der Waals surface area contributed by atoms with E-state index in [0.29, 0.717) is 33.9 Å². The van der Waals surface area contributed by atoms with E-state index >= 15 is 0 Å². The molecule has 1 unspecified atom stereocenters. The third-order valence-corrected chi connectivity index (χ3v) is 6.26. The van der Waals surface area contributed by atoms with Gasteiger partial charge in [0.25, 0.3) is 0 Å². The van der Waals surface area contributed by atoms with Crippen LogP contribution in [0.3, 0.4) is 0 Å². The predicted molar refractivity (Wildman–Crippen MR) is 112 cm³/mol. The second-order valence-corrected chi connectivity index (χ2v) is 8.60. The Morgan fingerprint density at radius 3 is 2.66 bits per heavy atom. The number of benzene rings is 1. The van der Waals surface area contributed by atoms with Gasteiger partial charge in [-0.25, -0.2) is 13.9 Å². The molecule has 1 atom stereocenters. The van der Waals surface area contributed by atoms with E-state index in [1.165, 1.54) is 30.5 Å². The molecule has 1 aliphatic heterocycles. The van der Waals surface area contributed by atoms with Gasteiger partial charge < -0.3 is 10.0 Å². The van der Waals surface area contributed by atoms with E-state index in [1.54, 1.807) is 11.0 Å². The second-order valence-electron chi connectivity index (χ2n) is 7.03. The van der Waals surface area contributed by atoms with Crippen LogP contribution in [0.4, 0.5) is 23.4 Å². The number of hydrogen-bond donors (Lipinski definition) is 1. The minimum Gasteiger partial charge on any atom is -0.387 e. The fraction of sp³-hybridized carbons (Fsp3) is 0.250. The zero-order chi connectivity index (χ0) is 23.0. The highest BCUT2D eigenvalue weighted by Crippen LogP contribution is 2.34. The molecule has 0 amide bonds. The molecule has 0 aliphatic carbocycles. The van der Waals surface area contributed by atoms with Gasteiger partial charge >= 0.3 is 11.9 Å². The number of rotatable bonds is 4. The number of aliphatic hydroxyl groups excluding tert-OH is 1. The van der Waals surface area contributed by atoms with Crippen molar-refractivity contribution in [2.45, 2.75) is 18.8 Å². The Kier molecular flexibility index (Phi) is 6.06. The molecule has 0 bridgehead atoms. The molecule has 3 aromatic rings. The van der Waals surface area contributed by atoms with Crippen LogP contribution >= 0.6 is 22.9 Å². The molecule has 168 valence electrons. The van der Waals surface area contributed by atoms with E-state index in [4.69, 9.17) is 11.6 Å². The summed E-state index contributed by atoms with van der Waals surface area (Å²) in [5, 5.41) is 14.5. The van der Waals surface area contributed by atoms with Gasteiger partial charge in [-0.15, -0.1) is 11.3 Å². The summed E-state index contributed by atoms with van der Waals surface area (Å²) in [6.45, 7) is 0.281. The van der Waals surface area contributed by atoms with Gasteiger partial charge in [-0.2, -0.15) is 23.3 Å². The highest BCUT2D eigenvalue weighted by molar-refractivity contribution is 7.12. The topological polar surface area (TPSA) is 71.2 Å². The number of alkyl halides is 3. The molecule has 1 N–H and O–H groups in total. The zero-order valence-electron chi connectivity index (χ0n) is 16.2. The van der Waals surface area contributed by atoms with E-state index in [-0.39, 0.29) is 23.9 Å². The third kappa shape index (κ3) is 4.69. The van der Waals surface area contributed by atoms with Crippen molar-refractivity contribution in [3.63, 3.8) is 0 Å². The normalized spacial score (nSPS) is 16.9. The number of β-amino-alcohol motifs (C(OH)–C–C–N with tert-alkyl or cyclic N) is 1. The van der Waals surface area contributed by atoms with Crippen LogP contribution in [0.25, 0.3) is 5.57 Å². The van der Waals surface area contributed by atoms with E-state index in [1.807, 2.05) is 0 Å². The molecule has 32 heavy (non-hydrogen) atoms. The second kappa shape index (κ2) is 8.64. The van der Waals surface area contributed by atoms with Gasteiger partial charge in [0.15, 0.2) is 5.82 Å². The highest BCUT2D eigenvalue weighted by atomic mass is 35.5. The summed E-state index contributed by atoms with van der Waals surface area (Å²) < 4.78 is 52.6. The number of hydrogen-bond acceptors (Lipinski definition) is 6. The Balaban J connectivity index is 1.50. The van der Waals surface area contributed by atoms with Crippen molar-refractivity contribution in [3.8, 4) is 0 Å². The first-order valence-corrected chi connectivity index (χ1v) is 10.5. The third-order valence-electron chi connectivity index (χ3n) is 4.85. The summed E-state index contributed by atoms with van der Waals surface area (Å²) in [4.78, 5) is 17.5. The van der Waals surface area contributed by atoms with Gasteiger partial charge in [0.05, 0.1) is 23.9 Å². The smallest absolute Gasteiger partial charge is 0.387 e. The molecule has 6 nitrogen and oxygen atoms in total. The van der Waals surface area contributed by atoms with E-state index in [0.717, 1.165) is 10.7 Å². The quantitative estimate of drug-likeness (QED) is 0.568. The Labute approximate surface area is 188 Å². The Hall–Kier alpha value is -2.76. The Morgan fingerprint density at radius 1 is 1.25 bits per heavy atom. The van der Waals surface area contributed by atoms with Crippen LogP contribution < -0.4 is 10.6 Å². The number of halogens is 5. The number of nitrogens with zero attached hydrogens (tertiary/aromatic N) is 4. The lowest BCUT2D eigenvalue weighted by Gasteiger charge is -2.31. The molecule has 3 heterocycles. The number of aliphatic hydroxyl groups is 1. The molecule has 4 rings (SSSR count). The van der Waals surface area contributed by atoms with Crippen LogP contribution in [-0.2, 0) is 12.7 Å². The van der Waals surface area contributed by atoms with Crippen molar-refractivity contribution >= 4 is 34.3 Å². The van der Waals surface area contributed by atoms with Gasteiger partial charge in [0.2, 0.25) is 0 Å². The molecule has 0 radical (unpaired) electrons. The van der Waals surface area contributed by atoms with Crippen molar-refractivity contribution in [2.75, 3.05) is 18.0 Å². The Morgan fingerprint density at radius 2 is 2.03 bits per heavy atom. The van der Waals surface area contributed by atoms with Crippen LogP contribution in [0.15, 0.2) is 47.4 Å². The molecular weight excluding hydrogens is 472 g/mol. The van der Waals surface area contributed by atoms with Gasteiger partial charge in [-0.3, -0.25) is 0 Å². The SMILES string of the molecule is O=c1nc(N2CC=C(c3ccc(F)c(Cl)c3)C(O)C2)cnn1Cc1ccc(C(F)(F)F)s1. The van der Waals surface area contributed by atoms with Gasteiger partial charge in [0.1, 0.15) is 10.7 Å². The summed E-state index contributed by atoms with van der Waals surface area (Å²) in [6, 6.07) is 6.41. The number of anilines is 1. The molecule has 0 saturated carbocycles. The minimum atomic E-state index is -4.44. The lowest BCUT2D eigenvalue weighted by atomic mass is 9.97. The number of aromatic nitrogens is 3. The first-order chi connectivity index (χ1) is 15.1. The first kappa shape index (κ1) is 22.4. The van der Waals surface area contributed by atoms with Crippen molar-refractivity contribution in [1.82, 2.24) is 14.8 Å². The lowest BCUT2D eigenvalue weighted by molar-refractivity contribution is -0.134. The van der Waals surface area contributed by atoms with Gasteiger partial charge in [-0.1, -0.05) is 23.7 Å². The predicted octanol–water partition coefficient (Wildman–Crippen LogP) is 3.82. The molecule has 0 saturated heterocycles. The fourth-order valence-electron chi connectivity index (χ4n) is 3.28. The molecule has 0 spiro atoms. The maximum Gasteiger partial charge on any atom is 0.425 e. The zero-order valence-corrected chi connectivity index (χ0v) is 17.8. The van der Waals surface area contributed by atoms with Crippen LogP contribution in [0.2, 0.25) is 5.02 Å². The summed E-state index contributed by atoms with van der Waals surface area (Å²) in [6.07, 6.45) is -2.35. The molecular formula is C20H15ClF4N4O2S. The summed E-state index contributed by atoms with van der Waals surface area (Å²) >= 11 is 6.35. The van der Waals surface area contributed by atoms with Crippen LogP contribution in [0.5, 0.6) is 0 Å². The molecule has 1 aliphatic rings.